The van der Waals surface area contributed by atoms with Crippen molar-refractivity contribution in [3.05, 3.63) is 35.8 Å². The molecule has 2 unspecified atom stereocenters. The van der Waals surface area contributed by atoms with Crippen molar-refractivity contribution in [1.29, 1.82) is 0 Å². The van der Waals surface area contributed by atoms with E-state index in [0.29, 0.717) is 12.0 Å². The summed E-state index contributed by atoms with van der Waals surface area (Å²) in [4.78, 5) is 3.15. The highest BCUT2D eigenvalue weighted by Crippen LogP contribution is 2.29. The Bertz CT molecular complexity index is 546. The van der Waals surface area contributed by atoms with Crippen molar-refractivity contribution >= 4 is 10.9 Å². The highest BCUT2D eigenvalue weighted by molar-refractivity contribution is 5.83. The van der Waals surface area contributed by atoms with Crippen molar-refractivity contribution in [1.82, 2.24) is 4.98 Å². The molecule has 1 aromatic carbocycles. The van der Waals surface area contributed by atoms with Crippen molar-refractivity contribution in [3.63, 3.8) is 0 Å². The number of fused-ring (bicyclic) bond motifs is 1. The summed E-state index contributed by atoms with van der Waals surface area (Å²) in [5, 5.41) is 1.13. The predicted molar refractivity (Wildman–Crippen MR) is 71.9 cm³/mol. The molecule has 1 fully saturated rings. The number of hydrogen-bond donors (Lipinski definition) is 2. The minimum Gasteiger partial charge on any atom is -0.361 e. The molecule has 1 heterocycles. The van der Waals surface area contributed by atoms with Crippen LogP contribution in [0.5, 0.6) is 0 Å². The number of H-pyrrole nitrogens is 1. The summed E-state index contributed by atoms with van der Waals surface area (Å²) in [6.45, 7) is 0. The van der Waals surface area contributed by atoms with Crippen molar-refractivity contribution < 1.29 is 4.39 Å². The third kappa shape index (κ3) is 2.15. The van der Waals surface area contributed by atoms with Crippen molar-refractivity contribution in [2.75, 3.05) is 0 Å². The van der Waals surface area contributed by atoms with Gasteiger partial charge in [0.2, 0.25) is 0 Å². The van der Waals surface area contributed by atoms with E-state index in [1.54, 1.807) is 6.07 Å². The number of aromatic amines is 1. The van der Waals surface area contributed by atoms with Gasteiger partial charge in [-0.15, -0.1) is 0 Å². The summed E-state index contributed by atoms with van der Waals surface area (Å²) >= 11 is 0. The predicted octanol–water partition coefficient (Wildman–Crippen LogP) is 3.37. The summed E-state index contributed by atoms with van der Waals surface area (Å²) < 4.78 is 13.1. The SMILES string of the molecule is NC1CCCCC1Cc1c[nH]c2cc(F)ccc12. The Morgan fingerprint density at radius 1 is 1.28 bits per heavy atom. The fraction of sp³-hybridized carbons (Fsp3) is 0.467. The molecule has 18 heavy (non-hydrogen) atoms. The van der Waals surface area contributed by atoms with E-state index in [0.717, 1.165) is 23.7 Å². The van der Waals surface area contributed by atoms with E-state index in [1.807, 2.05) is 12.3 Å². The summed E-state index contributed by atoms with van der Waals surface area (Å²) in [6.07, 6.45) is 7.92. The lowest BCUT2D eigenvalue weighted by molar-refractivity contribution is 0.307. The van der Waals surface area contributed by atoms with Crippen molar-refractivity contribution in [2.45, 2.75) is 38.1 Å². The van der Waals surface area contributed by atoms with Gasteiger partial charge in [0.25, 0.3) is 0 Å². The van der Waals surface area contributed by atoms with Crippen LogP contribution >= 0.6 is 0 Å². The molecular formula is C15H19FN2. The molecule has 1 aliphatic rings. The zero-order valence-corrected chi connectivity index (χ0v) is 10.5. The largest absolute Gasteiger partial charge is 0.361 e. The molecule has 1 aliphatic carbocycles. The average molecular weight is 246 g/mol. The number of hydrogen-bond acceptors (Lipinski definition) is 1. The van der Waals surface area contributed by atoms with Gasteiger partial charge in [0.15, 0.2) is 0 Å². The lowest BCUT2D eigenvalue weighted by Crippen LogP contribution is -2.34. The molecule has 0 aliphatic heterocycles. The van der Waals surface area contributed by atoms with Crippen LogP contribution in [0, 0.1) is 11.7 Å². The molecule has 3 rings (SSSR count). The van der Waals surface area contributed by atoms with E-state index >= 15 is 0 Å². The quantitative estimate of drug-likeness (QED) is 0.838. The zero-order chi connectivity index (χ0) is 12.5. The normalized spacial score (nSPS) is 24.6. The van der Waals surface area contributed by atoms with Gasteiger partial charge < -0.3 is 10.7 Å². The Morgan fingerprint density at radius 3 is 2.94 bits per heavy atom. The summed E-state index contributed by atoms with van der Waals surface area (Å²) in [5.74, 6) is 0.382. The van der Waals surface area contributed by atoms with Crippen LogP contribution in [-0.4, -0.2) is 11.0 Å². The van der Waals surface area contributed by atoms with Gasteiger partial charge in [-0.05, 0) is 48.9 Å². The first-order valence-corrected chi connectivity index (χ1v) is 6.75. The Hall–Kier alpha value is -1.35. The fourth-order valence-electron chi connectivity index (χ4n) is 3.10. The summed E-state index contributed by atoms with van der Waals surface area (Å²) in [5.41, 5.74) is 8.35. The van der Waals surface area contributed by atoms with Crippen molar-refractivity contribution in [2.24, 2.45) is 11.7 Å². The minimum absolute atomic E-state index is 0.190. The molecule has 0 amide bonds. The van der Waals surface area contributed by atoms with Gasteiger partial charge in [0, 0.05) is 23.1 Å². The first-order valence-electron chi connectivity index (χ1n) is 6.75. The van der Waals surface area contributed by atoms with Crippen LogP contribution in [0.2, 0.25) is 0 Å². The van der Waals surface area contributed by atoms with Gasteiger partial charge >= 0.3 is 0 Å². The smallest absolute Gasteiger partial charge is 0.125 e. The van der Waals surface area contributed by atoms with E-state index in [4.69, 9.17) is 5.73 Å². The van der Waals surface area contributed by atoms with E-state index < -0.39 is 0 Å². The molecule has 3 heteroatoms. The minimum atomic E-state index is -0.190. The monoisotopic (exact) mass is 246 g/mol. The lowest BCUT2D eigenvalue weighted by Gasteiger charge is -2.28. The molecule has 0 radical (unpaired) electrons. The molecule has 2 nitrogen and oxygen atoms in total. The van der Waals surface area contributed by atoms with Gasteiger partial charge in [0.1, 0.15) is 5.82 Å². The molecule has 1 aromatic heterocycles. The standard InChI is InChI=1S/C15H19FN2/c16-12-5-6-13-11(9-18-15(13)8-12)7-10-3-1-2-4-14(10)17/h5-6,8-10,14,18H,1-4,7,17H2. The second-order valence-corrected chi connectivity index (χ2v) is 5.42. The maximum absolute atomic E-state index is 13.1. The highest BCUT2D eigenvalue weighted by atomic mass is 19.1. The molecule has 2 atom stereocenters. The molecular weight excluding hydrogens is 227 g/mol. The van der Waals surface area contributed by atoms with Crippen LogP contribution < -0.4 is 5.73 Å². The lowest BCUT2D eigenvalue weighted by atomic mass is 9.81. The van der Waals surface area contributed by atoms with Gasteiger partial charge in [-0.1, -0.05) is 12.8 Å². The van der Waals surface area contributed by atoms with Crippen LogP contribution in [0.4, 0.5) is 4.39 Å². The van der Waals surface area contributed by atoms with E-state index in [1.165, 1.54) is 30.9 Å². The van der Waals surface area contributed by atoms with E-state index in [9.17, 15) is 4.39 Å². The fourth-order valence-corrected chi connectivity index (χ4v) is 3.10. The summed E-state index contributed by atoms with van der Waals surface area (Å²) in [7, 11) is 0. The second kappa shape index (κ2) is 4.73. The van der Waals surface area contributed by atoms with Crippen LogP contribution in [0.1, 0.15) is 31.2 Å². The number of aromatic nitrogens is 1. The van der Waals surface area contributed by atoms with E-state index in [2.05, 4.69) is 4.98 Å². The van der Waals surface area contributed by atoms with Crippen molar-refractivity contribution in [3.8, 4) is 0 Å². The average Bonchev–Trinajstić information content (AvgIpc) is 2.74. The highest BCUT2D eigenvalue weighted by Gasteiger charge is 2.22. The topological polar surface area (TPSA) is 41.8 Å². The van der Waals surface area contributed by atoms with Crippen LogP contribution in [-0.2, 0) is 6.42 Å². The molecule has 96 valence electrons. The number of halogens is 1. The van der Waals surface area contributed by atoms with Gasteiger partial charge in [0.05, 0.1) is 0 Å². The number of nitrogens with two attached hydrogens (primary N) is 1. The van der Waals surface area contributed by atoms with E-state index in [-0.39, 0.29) is 5.82 Å². The maximum Gasteiger partial charge on any atom is 0.125 e. The second-order valence-electron chi connectivity index (χ2n) is 5.42. The first kappa shape index (κ1) is 11.7. The Morgan fingerprint density at radius 2 is 2.11 bits per heavy atom. The zero-order valence-electron chi connectivity index (χ0n) is 10.5. The van der Waals surface area contributed by atoms with Crippen LogP contribution in [0.15, 0.2) is 24.4 Å². The number of rotatable bonds is 2. The third-order valence-corrected chi connectivity index (χ3v) is 4.18. The molecule has 0 bridgehead atoms. The molecule has 2 aromatic rings. The third-order valence-electron chi connectivity index (χ3n) is 4.18. The Balaban J connectivity index is 1.86. The first-order chi connectivity index (χ1) is 8.74. The number of benzene rings is 1. The Labute approximate surface area is 106 Å². The molecule has 3 N–H and O–H groups in total. The molecule has 0 spiro atoms. The van der Waals surface area contributed by atoms with Gasteiger partial charge in [-0.3, -0.25) is 0 Å². The van der Waals surface area contributed by atoms with Crippen LogP contribution in [0.25, 0.3) is 10.9 Å². The van der Waals surface area contributed by atoms with Gasteiger partial charge in [-0.2, -0.15) is 0 Å². The maximum atomic E-state index is 13.1. The van der Waals surface area contributed by atoms with Gasteiger partial charge in [-0.25, -0.2) is 4.39 Å². The molecule has 0 saturated heterocycles. The Kier molecular flexibility index (Phi) is 3.08. The molecule has 1 saturated carbocycles. The number of nitrogens with one attached hydrogen (secondary N) is 1. The summed E-state index contributed by atoms with van der Waals surface area (Å²) in [6, 6.07) is 5.27. The van der Waals surface area contributed by atoms with Crippen LogP contribution in [0.3, 0.4) is 0 Å².